The smallest absolute Gasteiger partial charge is 0.119 e. The number of methoxy groups -OCH3 is 1. The van der Waals surface area contributed by atoms with Crippen LogP contribution in [0.1, 0.15) is 18.9 Å². The van der Waals surface area contributed by atoms with E-state index < -0.39 is 0 Å². The average Bonchev–Trinajstić information content (AvgIpc) is 2.41. The summed E-state index contributed by atoms with van der Waals surface area (Å²) < 4.78 is 10.5. The molecule has 0 bridgehead atoms. The van der Waals surface area contributed by atoms with E-state index in [1.54, 1.807) is 7.11 Å². The molecule has 0 radical (unpaired) electrons. The number of hydrogen-bond acceptors (Lipinski definition) is 4. The standard InChI is InChI=1S/C14H23NO3/c1-3-13(11-16)15-10-12-5-4-6-14(9-12)18-8-7-17-2/h4-6,9,13,15-16H,3,7-8,10-11H2,1-2H3. The molecule has 18 heavy (non-hydrogen) atoms. The number of aliphatic hydroxyl groups excluding tert-OH is 1. The number of hydrogen-bond donors (Lipinski definition) is 2. The van der Waals surface area contributed by atoms with E-state index >= 15 is 0 Å². The summed E-state index contributed by atoms with van der Waals surface area (Å²) in [4.78, 5) is 0. The van der Waals surface area contributed by atoms with Crippen LogP contribution in [-0.4, -0.2) is 38.1 Å². The number of nitrogens with one attached hydrogen (secondary N) is 1. The largest absolute Gasteiger partial charge is 0.491 e. The predicted molar refractivity (Wildman–Crippen MR) is 71.8 cm³/mol. The number of ether oxygens (including phenoxy) is 2. The molecule has 4 nitrogen and oxygen atoms in total. The van der Waals surface area contributed by atoms with E-state index in [4.69, 9.17) is 14.6 Å². The number of aliphatic hydroxyl groups is 1. The van der Waals surface area contributed by atoms with Crippen molar-refractivity contribution in [3.63, 3.8) is 0 Å². The Hall–Kier alpha value is -1.10. The Balaban J connectivity index is 2.43. The van der Waals surface area contributed by atoms with Crippen molar-refractivity contribution >= 4 is 0 Å². The Bertz CT molecular complexity index is 327. The summed E-state index contributed by atoms with van der Waals surface area (Å²) in [6.07, 6.45) is 0.917. The van der Waals surface area contributed by atoms with Gasteiger partial charge in [-0.15, -0.1) is 0 Å². The lowest BCUT2D eigenvalue weighted by atomic mass is 10.2. The summed E-state index contributed by atoms with van der Waals surface area (Å²) in [6, 6.07) is 8.11. The molecule has 0 amide bonds. The van der Waals surface area contributed by atoms with Crippen LogP contribution < -0.4 is 10.1 Å². The van der Waals surface area contributed by atoms with Crippen molar-refractivity contribution in [1.82, 2.24) is 5.32 Å². The highest BCUT2D eigenvalue weighted by molar-refractivity contribution is 5.28. The molecule has 1 unspecified atom stereocenters. The van der Waals surface area contributed by atoms with Gasteiger partial charge in [0, 0.05) is 19.7 Å². The molecule has 0 spiro atoms. The number of rotatable bonds is 9. The first kappa shape index (κ1) is 15.0. The van der Waals surface area contributed by atoms with Crippen molar-refractivity contribution in [2.24, 2.45) is 0 Å². The van der Waals surface area contributed by atoms with Crippen LogP contribution in [0, 0.1) is 0 Å². The minimum atomic E-state index is 0.156. The van der Waals surface area contributed by atoms with Gasteiger partial charge in [-0.05, 0) is 24.1 Å². The van der Waals surface area contributed by atoms with Gasteiger partial charge >= 0.3 is 0 Å². The molecule has 1 aromatic carbocycles. The highest BCUT2D eigenvalue weighted by Crippen LogP contribution is 2.13. The van der Waals surface area contributed by atoms with E-state index in [0.29, 0.717) is 13.2 Å². The lowest BCUT2D eigenvalue weighted by Gasteiger charge is -2.14. The fraction of sp³-hybridized carbons (Fsp3) is 0.571. The van der Waals surface area contributed by atoms with E-state index in [9.17, 15) is 0 Å². The van der Waals surface area contributed by atoms with Crippen LogP contribution >= 0.6 is 0 Å². The Morgan fingerprint density at radius 3 is 2.83 bits per heavy atom. The van der Waals surface area contributed by atoms with Crippen molar-refractivity contribution in [3.8, 4) is 5.75 Å². The van der Waals surface area contributed by atoms with E-state index in [0.717, 1.165) is 24.3 Å². The third kappa shape index (κ3) is 5.49. The second-order valence-corrected chi connectivity index (χ2v) is 4.16. The molecule has 0 saturated heterocycles. The maximum atomic E-state index is 9.10. The Kier molecular flexibility index (Phi) is 7.41. The topological polar surface area (TPSA) is 50.7 Å². The van der Waals surface area contributed by atoms with Crippen LogP contribution in [-0.2, 0) is 11.3 Å². The molecule has 1 rings (SSSR count). The number of benzene rings is 1. The monoisotopic (exact) mass is 253 g/mol. The zero-order valence-corrected chi connectivity index (χ0v) is 11.2. The first-order valence-corrected chi connectivity index (χ1v) is 6.35. The third-order valence-corrected chi connectivity index (χ3v) is 2.76. The van der Waals surface area contributed by atoms with Gasteiger partial charge in [0.05, 0.1) is 13.2 Å². The molecule has 0 saturated carbocycles. The van der Waals surface area contributed by atoms with Crippen LogP contribution in [0.4, 0.5) is 0 Å². The van der Waals surface area contributed by atoms with E-state index in [-0.39, 0.29) is 12.6 Å². The molecular weight excluding hydrogens is 230 g/mol. The SMILES string of the molecule is CCC(CO)NCc1cccc(OCCOC)c1. The Morgan fingerprint density at radius 1 is 1.33 bits per heavy atom. The van der Waals surface area contributed by atoms with Crippen LogP contribution in [0.15, 0.2) is 24.3 Å². The molecule has 0 heterocycles. The molecule has 0 aliphatic heterocycles. The molecule has 0 aliphatic rings. The molecule has 0 aliphatic carbocycles. The van der Waals surface area contributed by atoms with Crippen molar-refractivity contribution in [1.29, 1.82) is 0 Å². The van der Waals surface area contributed by atoms with E-state index in [1.165, 1.54) is 0 Å². The summed E-state index contributed by atoms with van der Waals surface area (Å²) in [5, 5.41) is 12.4. The zero-order valence-electron chi connectivity index (χ0n) is 11.2. The molecule has 1 atom stereocenters. The molecule has 4 heteroatoms. The molecular formula is C14H23NO3. The van der Waals surface area contributed by atoms with E-state index in [2.05, 4.69) is 12.2 Å². The Morgan fingerprint density at radius 2 is 2.17 bits per heavy atom. The summed E-state index contributed by atoms with van der Waals surface area (Å²) in [5.41, 5.74) is 1.15. The normalized spacial score (nSPS) is 12.4. The minimum Gasteiger partial charge on any atom is -0.491 e. The summed E-state index contributed by atoms with van der Waals surface area (Å²) in [6.45, 7) is 4.10. The van der Waals surface area contributed by atoms with Gasteiger partial charge in [-0.1, -0.05) is 19.1 Å². The van der Waals surface area contributed by atoms with Gasteiger partial charge in [0.2, 0.25) is 0 Å². The molecule has 2 N–H and O–H groups in total. The summed E-state index contributed by atoms with van der Waals surface area (Å²) in [7, 11) is 1.66. The molecule has 1 aromatic rings. The quantitative estimate of drug-likeness (QED) is 0.656. The van der Waals surface area contributed by atoms with Gasteiger partial charge in [0.25, 0.3) is 0 Å². The van der Waals surface area contributed by atoms with Crippen molar-refractivity contribution in [2.75, 3.05) is 26.9 Å². The second-order valence-electron chi connectivity index (χ2n) is 4.16. The first-order chi connectivity index (χ1) is 8.80. The van der Waals surface area contributed by atoms with Gasteiger partial charge in [-0.2, -0.15) is 0 Å². The van der Waals surface area contributed by atoms with Gasteiger partial charge in [-0.25, -0.2) is 0 Å². The zero-order chi connectivity index (χ0) is 13.2. The minimum absolute atomic E-state index is 0.156. The van der Waals surface area contributed by atoms with Crippen molar-refractivity contribution < 1.29 is 14.6 Å². The molecule has 102 valence electrons. The second kappa shape index (κ2) is 8.91. The fourth-order valence-electron chi connectivity index (χ4n) is 1.59. The highest BCUT2D eigenvalue weighted by Gasteiger charge is 2.03. The third-order valence-electron chi connectivity index (χ3n) is 2.76. The maximum absolute atomic E-state index is 9.10. The molecule has 0 fully saturated rings. The van der Waals surface area contributed by atoms with Gasteiger partial charge in [-0.3, -0.25) is 0 Å². The Labute approximate surface area is 109 Å². The van der Waals surface area contributed by atoms with Gasteiger partial charge in [0.1, 0.15) is 12.4 Å². The maximum Gasteiger partial charge on any atom is 0.119 e. The first-order valence-electron chi connectivity index (χ1n) is 6.35. The van der Waals surface area contributed by atoms with Gasteiger partial charge < -0.3 is 19.9 Å². The molecule has 0 aromatic heterocycles. The van der Waals surface area contributed by atoms with Crippen molar-refractivity contribution in [3.05, 3.63) is 29.8 Å². The predicted octanol–water partition coefficient (Wildman–Crippen LogP) is 1.57. The summed E-state index contributed by atoms with van der Waals surface area (Å²) >= 11 is 0. The lowest BCUT2D eigenvalue weighted by Crippen LogP contribution is -2.31. The fourth-order valence-corrected chi connectivity index (χ4v) is 1.59. The lowest BCUT2D eigenvalue weighted by molar-refractivity contribution is 0.146. The van der Waals surface area contributed by atoms with Gasteiger partial charge in [0.15, 0.2) is 0 Å². The highest BCUT2D eigenvalue weighted by atomic mass is 16.5. The summed E-state index contributed by atoms with van der Waals surface area (Å²) in [5.74, 6) is 0.850. The average molecular weight is 253 g/mol. The van der Waals surface area contributed by atoms with Crippen LogP contribution in [0.2, 0.25) is 0 Å². The van der Waals surface area contributed by atoms with Crippen LogP contribution in [0.5, 0.6) is 5.75 Å². The van der Waals surface area contributed by atoms with Crippen LogP contribution in [0.25, 0.3) is 0 Å². The van der Waals surface area contributed by atoms with Crippen LogP contribution in [0.3, 0.4) is 0 Å². The van der Waals surface area contributed by atoms with E-state index in [1.807, 2.05) is 24.3 Å². The van der Waals surface area contributed by atoms with Crippen molar-refractivity contribution in [2.45, 2.75) is 25.9 Å².